The van der Waals surface area contributed by atoms with E-state index in [-0.39, 0.29) is 0 Å². The minimum Gasteiger partial charge on any atom is -0.330 e. The SMILES string of the molecule is Cc1ccc(CN2CCC(C)C(CN)C2)c(Br)c1. The van der Waals surface area contributed by atoms with Crippen LogP contribution < -0.4 is 5.73 Å². The zero-order valence-electron chi connectivity index (χ0n) is 11.3. The van der Waals surface area contributed by atoms with Crippen molar-refractivity contribution in [2.45, 2.75) is 26.8 Å². The molecular formula is C15H23BrN2. The van der Waals surface area contributed by atoms with E-state index in [0.29, 0.717) is 5.92 Å². The third-order valence-corrected chi connectivity index (χ3v) is 4.84. The average molecular weight is 311 g/mol. The first-order valence-electron chi connectivity index (χ1n) is 6.77. The number of likely N-dealkylation sites (tertiary alicyclic amines) is 1. The van der Waals surface area contributed by atoms with Gasteiger partial charge in [0.2, 0.25) is 0 Å². The number of rotatable bonds is 3. The number of nitrogens with two attached hydrogens (primary N) is 1. The fourth-order valence-corrected chi connectivity index (χ4v) is 3.32. The summed E-state index contributed by atoms with van der Waals surface area (Å²) in [5.74, 6) is 1.43. The normalized spacial score (nSPS) is 25.3. The monoisotopic (exact) mass is 310 g/mol. The molecule has 0 aliphatic carbocycles. The lowest BCUT2D eigenvalue weighted by atomic mass is 9.87. The van der Waals surface area contributed by atoms with Crippen LogP contribution in [-0.4, -0.2) is 24.5 Å². The van der Waals surface area contributed by atoms with E-state index in [1.54, 1.807) is 0 Å². The van der Waals surface area contributed by atoms with Crippen molar-refractivity contribution < 1.29 is 0 Å². The molecule has 2 unspecified atom stereocenters. The predicted octanol–water partition coefficient (Wildman–Crippen LogP) is 3.17. The van der Waals surface area contributed by atoms with Gasteiger partial charge in [0.25, 0.3) is 0 Å². The number of hydrogen-bond acceptors (Lipinski definition) is 2. The fraction of sp³-hybridized carbons (Fsp3) is 0.600. The van der Waals surface area contributed by atoms with E-state index in [0.717, 1.165) is 25.6 Å². The van der Waals surface area contributed by atoms with Crippen molar-refractivity contribution in [2.75, 3.05) is 19.6 Å². The number of hydrogen-bond donors (Lipinski definition) is 1. The van der Waals surface area contributed by atoms with E-state index in [9.17, 15) is 0 Å². The van der Waals surface area contributed by atoms with Gasteiger partial charge in [0.1, 0.15) is 0 Å². The predicted molar refractivity (Wildman–Crippen MR) is 80.5 cm³/mol. The molecule has 1 aliphatic rings. The summed E-state index contributed by atoms with van der Waals surface area (Å²) in [6.07, 6.45) is 1.27. The molecule has 1 aromatic carbocycles. The van der Waals surface area contributed by atoms with Gasteiger partial charge in [0.15, 0.2) is 0 Å². The van der Waals surface area contributed by atoms with Gasteiger partial charge >= 0.3 is 0 Å². The second-order valence-electron chi connectivity index (χ2n) is 5.59. The first-order chi connectivity index (χ1) is 8.60. The molecule has 0 amide bonds. The summed E-state index contributed by atoms with van der Waals surface area (Å²) >= 11 is 3.67. The van der Waals surface area contributed by atoms with Crippen molar-refractivity contribution in [3.05, 3.63) is 33.8 Å². The molecular weight excluding hydrogens is 288 g/mol. The van der Waals surface area contributed by atoms with Gasteiger partial charge < -0.3 is 5.73 Å². The van der Waals surface area contributed by atoms with E-state index < -0.39 is 0 Å². The summed E-state index contributed by atoms with van der Waals surface area (Å²) in [5.41, 5.74) is 8.55. The molecule has 1 fully saturated rings. The maximum absolute atomic E-state index is 5.86. The van der Waals surface area contributed by atoms with Crippen molar-refractivity contribution in [2.24, 2.45) is 17.6 Å². The van der Waals surface area contributed by atoms with Crippen molar-refractivity contribution in [3.8, 4) is 0 Å². The zero-order chi connectivity index (χ0) is 13.1. The Hall–Kier alpha value is -0.380. The van der Waals surface area contributed by atoms with Crippen LogP contribution in [-0.2, 0) is 6.54 Å². The van der Waals surface area contributed by atoms with Gasteiger partial charge in [-0.05, 0) is 55.5 Å². The van der Waals surface area contributed by atoms with Gasteiger partial charge in [-0.1, -0.05) is 35.0 Å². The van der Waals surface area contributed by atoms with Crippen molar-refractivity contribution in [3.63, 3.8) is 0 Å². The van der Waals surface area contributed by atoms with E-state index in [1.807, 2.05) is 0 Å². The van der Waals surface area contributed by atoms with Crippen LogP contribution in [0.1, 0.15) is 24.5 Å². The highest BCUT2D eigenvalue weighted by atomic mass is 79.9. The molecule has 1 aromatic rings. The largest absolute Gasteiger partial charge is 0.330 e. The standard InChI is InChI=1S/C15H23BrN2/c1-11-3-4-13(15(16)7-11)9-18-6-5-12(2)14(8-17)10-18/h3-4,7,12,14H,5-6,8-10,17H2,1-2H3. The molecule has 3 heteroatoms. The summed E-state index contributed by atoms with van der Waals surface area (Å²) in [4.78, 5) is 2.53. The van der Waals surface area contributed by atoms with Crippen LogP contribution >= 0.6 is 15.9 Å². The van der Waals surface area contributed by atoms with E-state index >= 15 is 0 Å². The second-order valence-corrected chi connectivity index (χ2v) is 6.45. The van der Waals surface area contributed by atoms with Gasteiger partial charge in [-0.25, -0.2) is 0 Å². The van der Waals surface area contributed by atoms with Crippen LogP contribution in [0.15, 0.2) is 22.7 Å². The number of halogens is 1. The Morgan fingerprint density at radius 2 is 2.22 bits per heavy atom. The lowest BCUT2D eigenvalue weighted by Gasteiger charge is -2.36. The van der Waals surface area contributed by atoms with Crippen LogP contribution in [0, 0.1) is 18.8 Å². The minimum absolute atomic E-state index is 0.656. The van der Waals surface area contributed by atoms with Crippen LogP contribution in [0.3, 0.4) is 0 Å². The lowest BCUT2D eigenvalue weighted by Crippen LogP contribution is -2.42. The highest BCUT2D eigenvalue weighted by molar-refractivity contribution is 9.10. The van der Waals surface area contributed by atoms with Crippen LogP contribution in [0.2, 0.25) is 0 Å². The molecule has 0 spiro atoms. The summed E-state index contributed by atoms with van der Waals surface area (Å²) in [6.45, 7) is 8.63. The van der Waals surface area contributed by atoms with Crippen molar-refractivity contribution in [1.29, 1.82) is 0 Å². The Balaban J connectivity index is 2.01. The van der Waals surface area contributed by atoms with E-state index in [2.05, 4.69) is 52.9 Å². The van der Waals surface area contributed by atoms with E-state index in [4.69, 9.17) is 5.73 Å². The Bertz CT molecular complexity index is 405. The Kier molecular flexibility index (Phi) is 4.82. The van der Waals surface area contributed by atoms with Gasteiger partial charge in [-0.15, -0.1) is 0 Å². The Morgan fingerprint density at radius 3 is 2.89 bits per heavy atom. The molecule has 0 radical (unpaired) electrons. The molecule has 0 saturated carbocycles. The molecule has 0 aromatic heterocycles. The number of aryl methyl sites for hydroxylation is 1. The van der Waals surface area contributed by atoms with Crippen LogP contribution in [0.5, 0.6) is 0 Å². The average Bonchev–Trinajstić information content (AvgIpc) is 2.35. The summed E-state index contributed by atoms with van der Waals surface area (Å²) in [6, 6.07) is 6.62. The minimum atomic E-state index is 0.656. The van der Waals surface area contributed by atoms with Gasteiger partial charge in [-0.2, -0.15) is 0 Å². The molecule has 2 atom stereocenters. The molecule has 2 N–H and O–H groups in total. The lowest BCUT2D eigenvalue weighted by molar-refractivity contribution is 0.126. The molecule has 18 heavy (non-hydrogen) atoms. The molecule has 1 aliphatic heterocycles. The maximum atomic E-state index is 5.86. The van der Waals surface area contributed by atoms with Gasteiger partial charge in [0, 0.05) is 17.6 Å². The first-order valence-corrected chi connectivity index (χ1v) is 7.57. The maximum Gasteiger partial charge on any atom is 0.0245 e. The van der Waals surface area contributed by atoms with Gasteiger partial charge in [-0.3, -0.25) is 4.90 Å². The summed E-state index contributed by atoms with van der Waals surface area (Å²) in [5, 5.41) is 0. The third kappa shape index (κ3) is 3.34. The van der Waals surface area contributed by atoms with E-state index in [1.165, 1.54) is 28.6 Å². The Morgan fingerprint density at radius 1 is 1.44 bits per heavy atom. The second kappa shape index (κ2) is 6.18. The van der Waals surface area contributed by atoms with Crippen molar-refractivity contribution >= 4 is 15.9 Å². The highest BCUT2D eigenvalue weighted by Gasteiger charge is 2.25. The third-order valence-electron chi connectivity index (χ3n) is 4.10. The summed E-state index contributed by atoms with van der Waals surface area (Å²) < 4.78 is 1.23. The number of piperidine rings is 1. The number of benzene rings is 1. The summed E-state index contributed by atoms with van der Waals surface area (Å²) in [7, 11) is 0. The van der Waals surface area contributed by atoms with Gasteiger partial charge in [0.05, 0.1) is 0 Å². The molecule has 1 heterocycles. The quantitative estimate of drug-likeness (QED) is 0.929. The van der Waals surface area contributed by atoms with Crippen molar-refractivity contribution in [1.82, 2.24) is 4.90 Å². The first kappa shape index (κ1) is 14.0. The molecule has 1 saturated heterocycles. The number of nitrogens with zero attached hydrogens (tertiary/aromatic N) is 1. The molecule has 100 valence electrons. The van der Waals surface area contributed by atoms with Crippen LogP contribution in [0.4, 0.5) is 0 Å². The fourth-order valence-electron chi connectivity index (χ4n) is 2.70. The molecule has 0 bridgehead atoms. The van der Waals surface area contributed by atoms with Crippen LogP contribution in [0.25, 0.3) is 0 Å². The Labute approximate surface area is 119 Å². The molecule has 2 nitrogen and oxygen atoms in total. The topological polar surface area (TPSA) is 29.3 Å². The zero-order valence-corrected chi connectivity index (χ0v) is 12.9. The smallest absolute Gasteiger partial charge is 0.0245 e. The highest BCUT2D eigenvalue weighted by Crippen LogP contribution is 2.26. The molecule has 2 rings (SSSR count).